The fraction of sp³-hybridized carbons (Fsp3) is 0.500. The Labute approximate surface area is 171 Å². The van der Waals surface area contributed by atoms with Crippen LogP contribution in [0.5, 0.6) is 0 Å². The van der Waals surface area contributed by atoms with Crippen molar-refractivity contribution in [1.29, 1.82) is 0 Å². The Morgan fingerprint density at radius 1 is 1.28 bits per heavy atom. The Balaban J connectivity index is 1.47. The maximum absolute atomic E-state index is 11.9. The van der Waals surface area contributed by atoms with E-state index in [1.165, 1.54) is 12.7 Å². The zero-order chi connectivity index (χ0) is 20.6. The lowest BCUT2D eigenvalue weighted by atomic mass is 9.92. The zero-order valence-corrected chi connectivity index (χ0v) is 16.7. The van der Waals surface area contributed by atoms with Crippen LogP contribution < -0.4 is 10.7 Å². The maximum atomic E-state index is 11.9. The molecule has 7 nitrogen and oxygen atoms in total. The van der Waals surface area contributed by atoms with Crippen LogP contribution in [0, 0.1) is 17.8 Å². The molecule has 2 aliphatic carbocycles. The molecule has 1 aromatic carbocycles. The third-order valence-corrected chi connectivity index (χ3v) is 5.80. The number of benzene rings is 1. The second-order valence-electron chi connectivity index (χ2n) is 7.75. The molecule has 0 saturated heterocycles. The van der Waals surface area contributed by atoms with Crippen LogP contribution in [0.2, 0.25) is 0 Å². The highest BCUT2D eigenvalue weighted by molar-refractivity contribution is 5.89. The third-order valence-electron chi connectivity index (χ3n) is 5.80. The first-order valence-corrected chi connectivity index (χ1v) is 10.1. The SMILES string of the molecule is COC(=O)CCC/C=C1/C[C@H]2C[C@@H](O)[C@H](C=NNC(=O)Nc3ccccc3)[C@H]2C1. The number of hydrazone groups is 1. The molecule has 156 valence electrons. The van der Waals surface area contributed by atoms with E-state index >= 15 is 0 Å². The van der Waals surface area contributed by atoms with E-state index in [1.807, 2.05) is 18.2 Å². The number of esters is 1. The number of para-hydroxylation sites is 1. The van der Waals surface area contributed by atoms with Gasteiger partial charge in [0, 0.05) is 24.2 Å². The van der Waals surface area contributed by atoms with Gasteiger partial charge in [-0.3, -0.25) is 4.79 Å². The number of urea groups is 1. The fourth-order valence-corrected chi connectivity index (χ4v) is 4.40. The number of hydrogen-bond donors (Lipinski definition) is 3. The summed E-state index contributed by atoms with van der Waals surface area (Å²) in [7, 11) is 1.41. The average Bonchev–Trinajstić information content (AvgIpc) is 3.23. The lowest BCUT2D eigenvalue weighted by molar-refractivity contribution is -0.140. The molecule has 0 aliphatic heterocycles. The number of anilines is 1. The normalized spacial score (nSPS) is 27.2. The number of nitrogens with one attached hydrogen (secondary N) is 2. The van der Waals surface area contributed by atoms with E-state index in [1.54, 1.807) is 18.3 Å². The number of unbranched alkanes of at least 4 members (excludes halogenated alkanes) is 1. The number of hydrogen-bond acceptors (Lipinski definition) is 5. The number of aliphatic hydroxyl groups excluding tert-OH is 1. The van der Waals surface area contributed by atoms with Gasteiger partial charge < -0.3 is 15.2 Å². The Kier molecular flexibility index (Phi) is 7.41. The molecule has 29 heavy (non-hydrogen) atoms. The van der Waals surface area contributed by atoms with Gasteiger partial charge in [0.05, 0.1) is 13.2 Å². The molecule has 2 amide bonds. The first-order chi connectivity index (χ1) is 14.1. The standard InChI is InChI=1S/C22H29N3O4/c1-29-21(27)10-6-5-7-15-11-16-13-20(26)19(18(16)12-15)14-23-25-22(28)24-17-8-3-2-4-9-17/h2-4,7-9,14,16,18-20,26H,5-6,10-13H2,1H3,(H2,24,25,28)/b15-7-,23-14?/t16-,18-,19+,20+/m0/s1. The first kappa shape index (κ1) is 21.0. The summed E-state index contributed by atoms with van der Waals surface area (Å²) in [4.78, 5) is 23.1. The maximum Gasteiger partial charge on any atom is 0.339 e. The van der Waals surface area contributed by atoms with E-state index < -0.39 is 12.1 Å². The van der Waals surface area contributed by atoms with Crippen molar-refractivity contribution >= 4 is 23.9 Å². The molecule has 2 aliphatic rings. The summed E-state index contributed by atoms with van der Waals surface area (Å²) in [6, 6.07) is 8.75. The predicted octanol–water partition coefficient (Wildman–Crippen LogP) is 3.47. The van der Waals surface area contributed by atoms with Gasteiger partial charge in [-0.25, -0.2) is 10.2 Å². The molecular formula is C22H29N3O4. The quantitative estimate of drug-likeness (QED) is 0.215. The largest absolute Gasteiger partial charge is 0.469 e. The zero-order valence-electron chi connectivity index (χ0n) is 16.7. The summed E-state index contributed by atoms with van der Waals surface area (Å²) < 4.78 is 4.66. The minimum Gasteiger partial charge on any atom is -0.469 e. The predicted molar refractivity (Wildman–Crippen MR) is 111 cm³/mol. The lowest BCUT2D eigenvalue weighted by Gasteiger charge is -2.16. The van der Waals surface area contributed by atoms with E-state index in [2.05, 4.69) is 26.7 Å². The smallest absolute Gasteiger partial charge is 0.339 e. The number of amides is 2. The molecule has 0 aromatic heterocycles. The van der Waals surface area contributed by atoms with Crippen molar-refractivity contribution in [3.63, 3.8) is 0 Å². The van der Waals surface area contributed by atoms with Crippen molar-refractivity contribution in [1.82, 2.24) is 5.43 Å². The third kappa shape index (κ3) is 5.90. The van der Waals surface area contributed by atoms with Crippen molar-refractivity contribution in [3.05, 3.63) is 42.0 Å². The fourth-order valence-electron chi connectivity index (χ4n) is 4.40. The van der Waals surface area contributed by atoms with E-state index in [0.717, 1.165) is 32.1 Å². The van der Waals surface area contributed by atoms with Crippen molar-refractivity contribution < 1.29 is 19.4 Å². The summed E-state index contributed by atoms with van der Waals surface area (Å²) >= 11 is 0. The van der Waals surface area contributed by atoms with Crippen molar-refractivity contribution in [2.45, 2.75) is 44.6 Å². The van der Waals surface area contributed by atoms with Crippen molar-refractivity contribution in [2.24, 2.45) is 22.9 Å². The first-order valence-electron chi connectivity index (χ1n) is 10.1. The molecule has 0 radical (unpaired) electrons. The van der Waals surface area contributed by atoms with Gasteiger partial charge in [-0.2, -0.15) is 5.10 Å². The Hall–Kier alpha value is -2.67. The molecular weight excluding hydrogens is 370 g/mol. The summed E-state index contributed by atoms with van der Waals surface area (Å²) in [6.45, 7) is 0. The van der Waals surface area contributed by atoms with Gasteiger partial charge in [-0.1, -0.05) is 29.8 Å². The van der Waals surface area contributed by atoms with E-state index in [9.17, 15) is 14.7 Å². The van der Waals surface area contributed by atoms with Crippen LogP contribution in [0.3, 0.4) is 0 Å². The minimum atomic E-state index is -0.423. The summed E-state index contributed by atoms with van der Waals surface area (Å²) in [5.41, 5.74) is 4.56. The molecule has 2 saturated carbocycles. The Morgan fingerprint density at radius 2 is 2.07 bits per heavy atom. The number of nitrogens with zero attached hydrogens (tertiary/aromatic N) is 1. The van der Waals surface area contributed by atoms with E-state index in [0.29, 0.717) is 23.9 Å². The van der Waals surface area contributed by atoms with Gasteiger partial charge in [0.25, 0.3) is 0 Å². The molecule has 3 N–H and O–H groups in total. The summed E-state index contributed by atoms with van der Waals surface area (Å²) in [5.74, 6) is 0.568. The van der Waals surface area contributed by atoms with Crippen LogP contribution >= 0.6 is 0 Å². The number of allylic oxidation sites excluding steroid dienone is 2. The van der Waals surface area contributed by atoms with Crippen LogP contribution in [0.4, 0.5) is 10.5 Å². The van der Waals surface area contributed by atoms with E-state index in [-0.39, 0.29) is 11.9 Å². The highest BCUT2D eigenvalue weighted by Gasteiger charge is 2.45. The van der Waals surface area contributed by atoms with Crippen molar-refractivity contribution in [3.8, 4) is 0 Å². The highest BCUT2D eigenvalue weighted by atomic mass is 16.5. The van der Waals surface area contributed by atoms with Crippen LogP contribution in [0.25, 0.3) is 0 Å². The molecule has 0 unspecified atom stereocenters. The molecule has 0 bridgehead atoms. The molecule has 0 spiro atoms. The monoisotopic (exact) mass is 399 g/mol. The van der Waals surface area contributed by atoms with Crippen LogP contribution in [0.15, 0.2) is 47.1 Å². The van der Waals surface area contributed by atoms with Crippen LogP contribution in [-0.2, 0) is 9.53 Å². The van der Waals surface area contributed by atoms with Gasteiger partial charge in [0.2, 0.25) is 0 Å². The Bertz CT molecular complexity index is 763. The second kappa shape index (κ2) is 10.2. The summed E-state index contributed by atoms with van der Waals surface area (Å²) in [5, 5.41) is 17.2. The Morgan fingerprint density at radius 3 is 2.83 bits per heavy atom. The van der Waals surface area contributed by atoms with Gasteiger partial charge in [-0.15, -0.1) is 0 Å². The van der Waals surface area contributed by atoms with Crippen LogP contribution in [0.1, 0.15) is 38.5 Å². The molecule has 0 heterocycles. The second-order valence-corrected chi connectivity index (χ2v) is 7.75. The van der Waals surface area contributed by atoms with Gasteiger partial charge in [0.1, 0.15) is 0 Å². The lowest BCUT2D eigenvalue weighted by Crippen LogP contribution is -2.27. The van der Waals surface area contributed by atoms with E-state index in [4.69, 9.17) is 0 Å². The molecule has 4 atom stereocenters. The minimum absolute atomic E-state index is 0.0574. The topological polar surface area (TPSA) is 100 Å². The molecule has 2 fully saturated rings. The van der Waals surface area contributed by atoms with Gasteiger partial charge in [0.15, 0.2) is 0 Å². The number of carbonyl (C=O) groups excluding carboxylic acids is 2. The number of aliphatic hydroxyl groups is 1. The van der Waals surface area contributed by atoms with Gasteiger partial charge >= 0.3 is 12.0 Å². The molecule has 1 aromatic rings. The van der Waals surface area contributed by atoms with Crippen LogP contribution in [-0.4, -0.2) is 36.5 Å². The van der Waals surface area contributed by atoms with Gasteiger partial charge in [-0.05, 0) is 56.1 Å². The number of methoxy groups -OCH3 is 1. The highest BCUT2D eigenvalue weighted by Crippen LogP contribution is 2.49. The number of carbonyl (C=O) groups is 2. The number of ether oxygens (including phenoxy) is 1. The average molecular weight is 399 g/mol. The number of fused-ring (bicyclic) bond motifs is 1. The molecule has 3 rings (SSSR count). The van der Waals surface area contributed by atoms with Crippen molar-refractivity contribution in [2.75, 3.05) is 12.4 Å². The summed E-state index contributed by atoms with van der Waals surface area (Å²) in [6.07, 6.45) is 8.28. The molecule has 7 heteroatoms. The number of rotatable bonds is 7.